The number of nitrogens with one attached hydrogen (secondary N) is 1. The number of alkyl halides is 3. The van der Waals surface area contributed by atoms with Crippen LogP contribution in [-0.4, -0.2) is 26.3 Å². The Bertz CT molecular complexity index is 496. The SMILES string of the molecule is FC(F)(F)c1cc2c(cc1C1CCNCC1)OCCO2. The predicted octanol–water partition coefficient (Wildman–Crippen LogP) is 2.94. The molecule has 2 aliphatic heterocycles. The molecule has 3 rings (SSSR count). The van der Waals surface area contributed by atoms with Gasteiger partial charge in [0.25, 0.3) is 0 Å². The number of hydrogen-bond donors (Lipinski definition) is 1. The monoisotopic (exact) mass is 287 g/mol. The number of halogens is 3. The first kappa shape index (κ1) is 13.5. The highest BCUT2D eigenvalue weighted by atomic mass is 19.4. The zero-order valence-corrected chi connectivity index (χ0v) is 10.9. The van der Waals surface area contributed by atoms with E-state index < -0.39 is 11.7 Å². The molecule has 1 fully saturated rings. The highest BCUT2D eigenvalue weighted by molar-refractivity contribution is 5.50. The first-order chi connectivity index (χ1) is 9.55. The Labute approximate surface area is 115 Å². The Morgan fingerprint density at radius 1 is 1.00 bits per heavy atom. The molecular formula is C14H16F3NO2. The maximum atomic E-state index is 13.3. The van der Waals surface area contributed by atoms with E-state index in [0.717, 1.165) is 19.2 Å². The van der Waals surface area contributed by atoms with Crippen LogP contribution in [-0.2, 0) is 6.18 Å². The van der Waals surface area contributed by atoms with Gasteiger partial charge in [-0.3, -0.25) is 0 Å². The zero-order chi connectivity index (χ0) is 14.2. The van der Waals surface area contributed by atoms with E-state index in [1.54, 1.807) is 0 Å². The van der Waals surface area contributed by atoms with Crippen LogP contribution in [0.5, 0.6) is 11.5 Å². The number of ether oxygens (including phenoxy) is 2. The lowest BCUT2D eigenvalue weighted by atomic mass is 9.86. The van der Waals surface area contributed by atoms with E-state index in [0.29, 0.717) is 30.8 Å². The summed E-state index contributed by atoms with van der Waals surface area (Å²) in [7, 11) is 0. The average Bonchev–Trinajstić information content (AvgIpc) is 2.46. The molecule has 0 aromatic heterocycles. The third-order valence-electron chi connectivity index (χ3n) is 3.80. The van der Waals surface area contributed by atoms with Gasteiger partial charge in [-0.1, -0.05) is 0 Å². The summed E-state index contributed by atoms with van der Waals surface area (Å²) in [6.45, 7) is 2.16. The largest absolute Gasteiger partial charge is 0.486 e. The van der Waals surface area contributed by atoms with Crippen molar-refractivity contribution in [1.29, 1.82) is 0 Å². The summed E-state index contributed by atoms with van der Waals surface area (Å²) in [5, 5.41) is 3.17. The maximum absolute atomic E-state index is 13.3. The summed E-state index contributed by atoms with van der Waals surface area (Å²) in [5.74, 6) is 0.544. The fourth-order valence-electron chi connectivity index (χ4n) is 2.82. The van der Waals surface area contributed by atoms with Crippen LogP contribution in [0.25, 0.3) is 0 Å². The van der Waals surface area contributed by atoms with Crippen molar-refractivity contribution in [2.45, 2.75) is 24.9 Å². The van der Waals surface area contributed by atoms with Crippen LogP contribution in [0.2, 0.25) is 0 Å². The molecule has 1 aromatic carbocycles. The van der Waals surface area contributed by atoms with Crippen molar-refractivity contribution in [2.24, 2.45) is 0 Å². The molecule has 2 heterocycles. The van der Waals surface area contributed by atoms with Crippen LogP contribution in [0.1, 0.15) is 29.9 Å². The van der Waals surface area contributed by atoms with Gasteiger partial charge in [-0.15, -0.1) is 0 Å². The molecule has 0 radical (unpaired) electrons. The third kappa shape index (κ3) is 2.57. The van der Waals surface area contributed by atoms with Gasteiger partial charge in [0.15, 0.2) is 11.5 Å². The second-order valence-corrected chi connectivity index (χ2v) is 5.11. The fraction of sp³-hybridized carbons (Fsp3) is 0.571. The quantitative estimate of drug-likeness (QED) is 0.861. The van der Waals surface area contributed by atoms with Crippen molar-refractivity contribution in [2.75, 3.05) is 26.3 Å². The molecular weight excluding hydrogens is 271 g/mol. The molecule has 0 saturated carbocycles. The molecule has 0 unspecified atom stereocenters. The Morgan fingerprint density at radius 3 is 2.20 bits per heavy atom. The molecule has 0 spiro atoms. The highest BCUT2D eigenvalue weighted by Crippen LogP contribution is 2.44. The minimum atomic E-state index is -4.37. The summed E-state index contributed by atoms with van der Waals surface area (Å²) in [6, 6.07) is 2.61. The summed E-state index contributed by atoms with van der Waals surface area (Å²) >= 11 is 0. The van der Waals surface area contributed by atoms with Crippen molar-refractivity contribution in [1.82, 2.24) is 5.32 Å². The summed E-state index contributed by atoms with van der Waals surface area (Å²) in [5.41, 5.74) is -0.253. The number of hydrogen-bond acceptors (Lipinski definition) is 3. The van der Waals surface area contributed by atoms with Crippen molar-refractivity contribution < 1.29 is 22.6 Å². The molecule has 0 atom stereocenters. The average molecular weight is 287 g/mol. The third-order valence-corrected chi connectivity index (χ3v) is 3.80. The van der Waals surface area contributed by atoms with Gasteiger partial charge in [0.05, 0.1) is 5.56 Å². The minimum Gasteiger partial charge on any atom is -0.486 e. The van der Waals surface area contributed by atoms with Gasteiger partial charge >= 0.3 is 6.18 Å². The van der Waals surface area contributed by atoms with Crippen molar-refractivity contribution in [3.8, 4) is 11.5 Å². The van der Waals surface area contributed by atoms with Crippen LogP contribution < -0.4 is 14.8 Å². The lowest BCUT2D eigenvalue weighted by molar-refractivity contribution is -0.138. The zero-order valence-electron chi connectivity index (χ0n) is 10.9. The van der Waals surface area contributed by atoms with Crippen molar-refractivity contribution in [3.05, 3.63) is 23.3 Å². The van der Waals surface area contributed by atoms with Gasteiger partial charge in [-0.2, -0.15) is 13.2 Å². The molecule has 0 amide bonds. The van der Waals surface area contributed by atoms with Crippen LogP contribution in [0.3, 0.4) is 0 Å². The Hall–Kier alpha value is -1.43. The number of fused-ring (bicyclic) bond motifs is 1. The Balaban J connectivity index is 2.05. The van der Waals surface area contributed by atoms with E-state index >= 15 is 0 Å². The summed E-state index contributed by atoms with van der Waals surface area (Å²) in [4.78, 5) is 0. The van der Waals surface area contributed by atoms with Gasteiger partial charge in [0.2, 0.25) is 0 Å². The second kappa shape index (κ2) is 5.16. The van der Waals surface area contributed by atoms with E-state index in [4.69, 9.17) is 9.47 Å². The topological polar surface area (TPSA) is 30.5 Å². The van der Waals surface area contributed by atoms with Gasteiger partial charge in [-0.05, 0) is 49.5 Å². The first-order valence-corrected chi connectivity index (χ1v) is 6.77. The van der Waals surface area contributed by atoms with Crippen LogP contribution >= 0.6 is 0 Å². The lowest BCUT2D eigenvalue weighted by Crippen LogP contribution is -2.28. The molecule has 3 nitrogen and oxygen atoms in total. The molecule has 1 N–H and O–H groups in total. The van der Waals surface area contributed by atoms with Crippen molar-refractivity contribution >= 4 is 0 Å². The van der Waals surface area contributed by atoms with E-state index in [-0.39, 0.29) is 18.3 Å². The number of piperidine rings is 1. The normalized spacial score (nSPS) is 19.9. The first-order valence-electron chi connectivity index (χ1n) is 6.77. The molecule has 1 saturated heterocycles. The van der Waals surface area contributed by atoms with E-state index in [1.807, 2.05) is 0 Å². The van der Waals surface area contributed by atoms with Gasteiger partial charge in [-0.25, -0.2) is 0 Å². The number of benzene rings is 1. The Kier molecular flexibility index (Phi) is 3.50. The van der Waals surface area contributed by atoms with Crippen molar-refractivity contribution in [3.63, 3.8) is 0 Å². The van der Waals surface area contributed by atoms with E-state index in [2.05, 4.69) is 5.32 Å². The lowest BCUT2D eigenvalue weighted by Gasteiger charge is -2.28. The summed E-state index contributed by atoms with van der Waals surface area (Å²) in [6.07, 6.45) is -2.94. The summed E-state index contributed by atoms with van der Waals surface area (Å²) < 4.78 is 50.5. The van der Waals surface area contributed by atoms with Gasteiger partial charge in [0, 0.05) is 0 Å². The minimum absolute atomic E-state index is 0.0799. The van der Waals surface area contributed by atoms with E-state index in [1.165, 1.54) is 6.07 Å². The molecule has 0 bridgehead atoms. The fourth-order valence-corrected chi connectivity index (χ4v) is 2.82. The van der Waals surface area contributed by atoms with E-state index in [9.17, 15) is 13.2 Å². The smallest absolute Gasteiger partial charge is 0.416 e. The maximum Gasteiger partial charge on any atom is 0.416 e. The molecule has 20 heavy (non-hydrogen) atoms. The molecule has 110 valence electrons. The van der Waals surface area contributed by atoms with Gasteiger partial charge < -0.3 is 14.8 Å². The van der Waals surface area contributed by atoms with Crippen LogP contribution in [0.4, 0.5) is 13.2 Å². The molecule has 1 aromatic rings. The number of rotatable bonds is 1. The van der Waals surface area contributed by atoms with Gasteiger partial charge in [0.1, 0.15) is 13.2 Å². The Morgan fingerprint density at radius 2 is 1.60 bits per heavy atom. The van der Waals surface area contributed by atoms with Crippen LogP contribution in [0.15, 0.2) is 12.1 Å². The molecule has 2 aliphatic rings. The predicted molar refractivity (Wildman–Crippen MR) is 67.3 cm³/mol. The standard InChI is InChI=1S/C14H16F3NO2/c15-14(16,17)11-8-13-12(19-5-6-20-13)7-10(11)9-1-3-18-4-2-9/h7-9,18H,1-6H2. The van der Waals surface area contributed by atoms with Crippen LogP contribution in [0, 0.1) is 0 Å². The molecule has 0 aliphatic carbocycles. The molecule has 6 heteroatoms. The second-order valence-electron chi connectivity index (χ2n) is 5.11. The highest BCUT2D eigenvalue weighted by Gasteiger charge is 2.37.